The molecule has 0 bridgehead atoms. The van der Waals surface area contributed by atoms with Gasteiger partial charge in [0.1, 0.15) is 0 Å². The summed E-state index contributed by atoms with van der Waals surface area (Å²) in [5.74, 6) is -0.194. The number of phosphoric acid groups is 1. The number of aliphatic hydroxyl groups is 1. The molecule has 1 amide bonds. The first-order valence-corrected chi connectivity index (χ1v) is 20.8. The highest BCUT2D eigenvalue weighted by Gasteiger charge is 2.26. The first kappa shape index (κ1) is 45.2. The first-order valence-electron chi connectivity index (χ1n) is 19.3. The second-order valence-electron chi connectivity index (χ2n) is 13.1. The van der Waals surface area contributed by atoms with Gasteiger partial charge in [0.2, 0.25) is 5.91 Å². The Balaban J connectivity index is 4.29. The number of hydrogen-bond donors (Lipinski definition) is 4. The van der Waals surface area contributed by atoms with Gasteiger partial charge in [-0.1, -0.05) is 174 Å². The lowest BCUT2D eigenvalue weighted by Gasteiger charge is -2.23. The van der Waals surface area contributed by atoms with Gasteiger partial charge >= 0.3 is 7.82 Å². The van der Waals surface area contributed by atoms with Crippen molar-refractivity contribution in [2.75, 3.05) is 19.8 Å². The number of carbonyl (C=O) groups is 1. The van der Waals surface area contributed by atoms with Gasteiger partial charge in [-0.25, -0.2) is 4.57 Å². The number of phosphoric ester groups is 1. The van der Waals surface area contributed by atoms with E-state index in [4.69, 9.17) is 14.8 Å². The number of hydrogen-bond acceptors (Lipinski definition) is 6. The summed E-state index contributed by atoms with van der Waals surface area (Å²) in [6, 6.07) is -0.852. The van der Waals surface area contributed by atoms with Gasteiger partial charge in [0.25, 0.3) is 0 Å². The Hall–Kier alpha value is -0.760. The van der Waals surface area contributed by atoms with Crippen molar-refractivity contribution < 1.29 is 28.4 Å². The SMILES string of the molecule is CCCCCCCCCCCCCCC/C=C/[C@@H](O)[C@H](COP(=O)(O)OCCN)NC(=O)CCCCCCCCCCCCCC. The second kappa shape index (κ2) is 34.1. The summed E-state index contributed by atoms with van der Waals surface area (Å²) in [5.41, 5.74) is 5.35. The molecule has 0 heterocycles. The number of amides is 1. The van der Waals surface area contributed by atoms with Gasteiger partial charge in [0, 0.05) is 13.0 Å². The van der Waals surface area contributed by atoms with Crippen LogP contribution in [0.3, 0.4) is 0 Å². The summed E-state index contributed by atoms with van der Waals surface area (Å²) < 4.78 is 22.0. The largest absolute Gasteiger partial charge is 0.472 e. The molecular formula is C37H75N2O6P. The van der Waals surface area contributed by atoms with E-state index in [1.165, 1.54) is 128 Å². The van der Waals surface area contributed by atoms with Gasteiger partial charge < -0.3 is 21.1 Å². The Bertz CT molecular complexity index is 739. The van der Waals surface area contributed by atoms with Crippen LogP contribution in [0.25, 0.3) is 0 Å². The number of nitrogens with two attached hydrogens (primary N) is 1. The van der Waals surface area contributed by atoms with Crippen LogP contribution in [0.1, 0.15) is 187 Å². The van der Waals surface area contributed by atoms with E-state index in [1.807, 2.05) is 6.08 Å². The van der Waals surface area contributed by atoms with Crippen LogP contribution < -0.4 is 11.1 Å². The highest BCUT2D eigenvalue weighted by Crippen LogP contribution is 2.43. The number of unbranched alkanes of at least 4 members (excludes halogenated alkanes) is 24. The van der Waals surface area contributed by atoms with Crippen molar-refractivity contribution in [1.82, 2.24) is 5.32 Å². The molecule has 0 fully saturated rings. The van der Waals surface area contributed by atoms with Crippen LogP contribution >= 0.6 is 7.82 Å². The van der Waals surface area contributed by atoms with Crippen molar-refractivity contribution in [2.45, 2.75) is 199 Å². The molecule has 9 heteroatoms. The quantitative estimate of drug-likeness (QED) is 0.0295. The molecule has 5 N–H and O–H groups in total. The van der Waals surface area contributed by atoms with E-state index >= 15 is 0 Å². The Morgan fingerprint density at radius 2 is 1.11 bits per heavy atom. The zero-order valence-electron chi connectivity index (χ0n) is 30.1. The Morgan fingerprint density at radius 3 is 1.54 bits per heavy atom. The third-order valence-corrected chi connectivity index (χ3v) is 9.60. The summed E-state index contributed by atoms with van der Waals surface area (Å²) in [6.45, 7) is 4.13. The maximum absolute atomic E-state index is 12.7. The summed E-state index contributed by atoms with van der Waals surface area (Å²) >= 11 is 0. The minimum Gasteiger partial charge on any atom is -0.387 e. The number of aliphatic hydroxyl groups excluding tert-OH is 1. The van der Waals surface area contributed by atoms with E-state index in [-0.39, 0.29) is 25.7 Å². The molecule has 8 nitrogen and oxygen atoms in total. The molecule has 274 valence electrons. The van der Waals surface area contributed by atoms with E-state index in [1.54, 1.807) is 6.08 Å². The van der Waals surface area contributed by atoms with E-state index in [0.717, 1.165) is 38.5 Å². The van der Waals surface area contributed by atoms with E-state index < -0.39 is 20.0 Å². The number of carbonyl (C=O) groups excluding carboxylic acids is 1. The minimum atomic E-state index is -4.33. The predicted octanol–water partition coefficient (Wildman–Crippen LogP) is 10.1. The van der Waals surface area contributed by atoms with Crippen LogP contribution in [0.2, 0.25) is 0 Å². The van der Waals surface area contributed by atoms with Gasteiger partial charge in [-0.3, -0.25) is 13.8 Å². The van der Waals surface area contributed by atoms with Crippen LogP contribution in [0.4, 0.5) is 0 Å². The smallest absolute Gasteiger partial charge is 0.387 e. The lowest BCUT2D eigenvalue weighted by molar-refractivity contribution is -0.123. The van der Waals surface area contributed by atoms with Crippen LogP contribution in [-0.4, -0.2) is 47.8 Å². The number of nitrogens with one attached hydrogen (secondary N) is 1. The average Bonchev–Trinajstić information content (AvgIpc) is 3.04. The predicted molar refractivity (Wildman–Crippen MR) is 194 cm³/mol. The molecule has 0 spiro atoms. The molecule has 0 aromatic carbocycles. The van der Waals surface area contributed by atoms with Crippen LogP contribution in [0, 0.1) is 0 Å². The molecule has 0 aromatic heterocycles. The minimum absolute atomic E-state index is 0.0810. The number of rotatable bonds is 36. The Kier molecular flexibility index (Phi) is 33.6. The monoisotopic (exact) mass is 675 g/mol. The third-order valence-electron chi connectivity index (χ3n) is 8.61. The topological polar surface area (TPSA) is 131 Å². The fourth-order valence-electron chi connectivity index (χ4n) is 5.66. The van der Waals surface area contributed by atoms with E-state index in [9.17, 15) is 19.4 Å². The van der Waals surface area contributed by atoms with Gasteiger partial charge in [0.15, 0.2) is 0 Å². The van der Waals surface area contributed by atoms with E-state index in [2.05, 4.69) is 19.2 Å². The van der Waals surface area contributed by atoms with Crippen molar-refractivity contribution in [3.8, 4) is 0 Å². The molecule has 1 unspecified atom stereocenters. The Morgan fingerprint density at radius 1 is 0.696 bits per heavy atom. The van der Waals surface area contributed by atoms with Gasteiger partial charge in [0.05, 0.1) is 25.4 Å². The summed E-state index contributed by atoms with van der Waals surface area (Å²) in [6.07, 6.45) is 35.3. The second-order valence-corrected chi connectivity index (χ2v) is 14.6. The molecule has 0 aliphatic carbocycles. The fourth-order valence-corrected chi connectivity index (χ4v) is 6.42. The lowest BCUT2D eigenvalue weighted by Crippen LogP contribution is -2.45. The lowest BCUT2D eigenvalue weighted by atomic mass is 10.0. The molecule has 0 radical (unpaired) electrons. The van der Waals surface area contributed by atoms with Crippen molar-refractivity contribution >= 4 is 13.7 Å². The van der Waals surface area contributed by atoms with Crippen LogP contribution in [0.15, 0.2) is 12.2 Å². The normalized spacial score (nSPS) is 14.5. The molecule has 0 aliphatic heterocycles. The van der Waals surface area contributed by atoms with Crippen molar-refractivity contribution in [2.24, 2.45) is 5.73 Å². The zero-order chi connectivity index (χ0) is 34.0. The molecule has 0 saturated carbocycles. The molecule has 0 saturated heterocycles. The van der Waals surface area contributed by atoms with Gasteiger partial charge in [-0.15, -0.1) is 0 Å². The average molecular weight is 675 g/mol. The molecule has 0 aromatic rings. The third kappa shape index (κ3) is 31.8. The first-order chi connectivity index (χ1) is 22.4. The summed E-state index contributed by atoms with van der Waals surface area (Å²) in [4.78, 5) is 22.6. The van der Waals surface area contributed by atoms with Gasteiger partial charge in [-0.05, 0) is 19.3 Å². The maximum Gasteiger partial charge on any atom is 0.472 e. The Labute approximate surface area is 284 Å². The molecule has 0 aliphatic rings. The molecule has 0 rings (SSSR count). The zero-order valence-corrected chi connectivity index (χ0v) is 31.0. The molecule has 3 atom stereocenters. The fraction of sp³-hybridized carbons (Fsp3) is 0.919. The maximum atomic E-state index is 12.7. The summed E-state index contributed by atoms with van der Waals surface area (Å²) in [5, 5.41) is 13.6. The standard InChI is InChI=1S/C37H75N2O6P/c1-3-5-7-9-11-13-15-17-18-19-20-22-24-26-28-30-36(40)35(34-45-46(42,43)44-33-32-38)39-37(41)31-29-27-25-23-21-16-14-12-10-8-6-4-2/h28,30,35-36,40H,3-27,29,31-34,38H2,1-2H3,(H,39,41)(H,42,43)/b30-28+/t35-,36+/m0/s1. The highest BCUT2D eigenvalue weighted by atomic mass is 31.2. The highest BCUT2D eigenvalue weighted by molar-refractivity contribution is 7.47. The number of allylic oxidation sites excluding steroid dienone is 1. The van der Waals surface area contributed by atoms with Crippen molar-refractivity contribution in [3.63, 3.8) is 0 Å². The summed E-state index contributed by atoms with van der Waals surface area (Å²) in [7, 11) is -4.33. The van der Waals surface area contributed by atoms with Crippen LogP contribution in [0.5, 0.6) is 0 Å². The van der Waals surface area contributed by atoms with Crippen molar-refractivity contribution in [3.05, 3.63) is 12.2 Å². The molecular weight excluding hydrogens is 599 g/mol. The van der Waals surface area contributed by atoms with Crippen molar-refractivity contribution in [1.29, 1.82) is 0 Å². The van der Waals surface area contributed by atoms with Crippen LogP contribution in [-0.2, 0) is 18.4 Å². The molecule has 46 heavy (non-hydrogen) atoms. The van der Waals surface area contributed by atoms with Gasteiger partial charge in [-0.2, -0.15) is 0 Å². The van der Waals surface area contributed by atoms with E-state index in [0.29, 0.717) is 6.42 Å².